The topological polar surface area (TPSA) is 74.8 Å². The fraction of sp³-hybridized carbons (Fsp3) is 0.250. The highest BCUT2D eigenvalue weighted by atomic mass is 35.5. The number of pyridine rings is 1. The fourth-order valence-corrected chi connectivity index (χ4v) is 2.56. The molecule has 2 heterocycles. The molecule has 0 bridgehead atoms. The normalized spacial score (nSPS) is 10.8. The van der Waals surface area contributed by atoms with E-state index >= 15 is 0 Å². The summed E-state index contributed by atoms with van der Waals surface area (Å²) in [6.07, 6.45) is 0. The van der Waals surface area contributed by atoms with Crippen molar-refractivity contribution >= 4 is 11.6 Å². The average Bonchev–Trinajstić information content (AvgIpc) is 2.87. The van der Waals surface area contributed by atoms with Gasteiger partial charge in [0.15, 0.2) is 10.9 Å². The van der Waals surface area contributed by atoms with Crippen molar-refractivity contribution in [3.8, 4) is 11.4 Å². The number of aryl methyl sites for hydroxylation is 3. The Morgan fingerprint density at radius 2 is 1.96 bits per heavy atom. The molecule has 0 aliphatic heterocycles. The lowest BCUT2D eigenvalue weighted by atomic mass is 10.1. The third-order valence-electron chi connectivity index (χ3n) is 3.66. The molecule has 2 aromatic heterocycles. The molecule has 3 aromatic rings. The number of nitrogens with zero attached hydrogens (tertiary/aromatic N) is 5. The summed E-state index contributed by atoms with van der Waals surface area (Å²) in [5, 5.41) is 7.95. The molecule has 8 heteroatoms. The highest BCUT2D eigenvalue weighted by Gasteiger charge is 2.14. The molecular weight excluding hydrogens is 330 g/mol. The monoisotopic (exact) mass is 345 g/mol. The quantitative estimate of drug-likeness (QED) is 0.678. The molecule has 0 atom stereocenters. The first-order valence-electron chi connectivity index (χ1n) is 7.31. The summed E-state index contributed by atoms with van der Waals surface area (Å²) in [6.45, 7) is 4.03. The second-order valence-electron chi connectivity index (χ2n) is 5.40. The highest BCUT2D eigenvalue weighted by Crippen LogP contribution is 2.25. The summed E-state index contributed by atoms with van der Waals surface area (Å²) in [7, 11) is 1.55. The van der Waals surface area contributed by atoms with Gasteiger partial charge in [0.1, 0.15) is 6.61 Å². The van der Waals surface area contributed by atoms with Crippen LogP contribution in [0.1, 0.15) is 16.8 Å². The molecule has 124 valence electrons. The first kappa shape index (κ1) is 16.2. The molecule has 0 saturated heterocycles. The zero-order valence-electron chi connectivity index (χ0n) is 13.5. The van der Waals surface area contributed by atoms with Gasteiger partial charge in [0.25, 0.3) is 0 Å². The van der Waals surface area contributed by atoms with Crippen molar-refractivity contribution in [3.05, 3.63) is 62.8 Å². The van der Waals surface area contributed by atoms with Gasteiger partial charge >= 0.3 is 5.69 Å². The van der Waals surface area contributed by atoms with E-state index in [1.165, 1.54) is 9.36 Å². The van der Waals surface area contributed by atoms with Crippen LogP contribution in [0.25, 0.3) is 5.69 Å². The predicted octanol–water partition coefficient (Wildman–Crippen LogP) is 2.21. The Bertz CT molecular complexity index is 948. The van der Waals surface area contributed by atoms with Crippen molar-refractivity contribution < 1.29 is 4.74 Å². The van der Waals surface area contributed by atoms with Crippen molar-refractivity contribution in [3.63, 3.8) is 0 Å². The van der Waals surface area contributed by atoms with Crippen LogP contribution >= 0.6 is 11.6 Å². The van der Waals surface area contributed by atoms with Crippen LogP contribution in [0, 0.1) is 13.8 Å². The number of hydrogen-bond donors (Lipinski definition) is 0. The third kappa shape index (κ3) is 3.03. The van der Waals surface area contributed by atoms with E-state index < -0.39 is 0 Å². The molecule has 1 aromatic carbocycles. The number of ether oxygens (including phenoxy) is 1. The third-order valence-corrected chi connectivity index (χ3v) is 3.93. The van der Waals surface area contributed by atoms with E-state index in [9.17, 15) is 4.79 Å². The summed E-state index contributed by atoms with van der Waals surface area (Å²) in [5.74, 6) is 0.489. The van der Waals surface area contributed by atoms with Crippen LogP contribution in [-0.2, 0) is 13.7 Å². The number of rotatable bonds is 4. The van der Waals surface area contributed by atoms with Crippen molar-refractivity contribution in [1.29, 1.82) is 0 Å². The minimum atomic E-state index is -0.322. The molecule has 0 unspecified atom stereocenters. The van der Waals surface area contributed by atoms with E-state index in [1.807, 2.05) is 32.0 Å². The van der Waals surface area contributed by atoms with Gasteiger partial charge in [-0.15, -0.1) is 0 Å². The molecule has 0 aliphatic carbocycles. The maximum Gasteiger partial charge on any atom is 0.368 e. The lowest BCUT2D eigenvalue weighted by Crippen LogP contribution is -2.23. The summed E-state index contributed by atoms with van der Waals surface area (Å²) in [4.78, 5) is 16.3. The number of tetrazole rings is 1. The van der Waals surface area contributed by atoms with Crippen LogP contribution in [-0.4, -0.2) is 24.8 Å². The van der Waals surface area contributed by atoms with E-state index in [1.54, 1.807) is 19.2 Å². The van der Waals surface area contributed by atoms with Crippen LogP contribution in [0.15, 0.2) is 35.1 Å². The maximum atomic E-state index is 12.1. The Labute approximate surface area is 143 Å². The van der Waals surface area contributed by atoms with E-state index in [0.717, 1.165) is 16.8 Å². The summed E-state index contributed by atoms with van der Waals surface area (Å²) < 4.78 is 8.23. The van der Waals surface area contributed by atoms with Crippen LogP contribution in [0.3, 0.4) is 0 Å². The number of aromatic nitrogens is 5. The largest absolute Gasteiger partial charge is 0.486 e. The van der Waals surface area contributed by atoms with Gasteiger partial charge in [0.2, 0.25) is 0 Å². The van der Waals surface area contributed by atoms with Crippen LogP contribution in [0.5, 0.6) is 5.75 Å². The maximum absolute atomic E-state index is 12.1. The molecule has 0 spiro atoms. The molecule has 0 radical (unpaired) electrons. The van der Waals surface area contributed by atoms with E-state index in [0.29, 0.717) is 16.6 Å². The van der Waals surface area contributed by atoms with Gasteiger partial charge in [-0.3, -0.25) is 0 Å². The predicted molar refractivity (Wildman–Crippen MR) is 89.7 cm³/mol. The molecule has 3 rings (SSSR count). The van der Waals surface area contributed by atoms with Crippen LogP contribution in [0.4, 0.5) is 0 Å². The Kier molecular flexibility index (Phi) is 4.35. The van der Waals surface area contributed by atoms with Crippen molar-refractivity contribution in [2.75, 3.05) is 0 Å². The van der Waals surface area contributed by atoms with Crippen LogP contribution < -0.4 is 10.4 Å². The molecule has 0 fully saturated rings. The Balaban J connectivity index is 1.96. The second-order valence-corrected chi connectivity index (χ2v) is 5.76. The summed E-state index contributed by atoms with van der Waals surface area (Å²) in [6, 6.07) is 9.20. The Morgan fingerprint density at radius 3 is 2.62 bits per heavy atom. The molecule has 7 nitrogen and oxygen atoms in total. The van der Waals surface area contributed by atoms with Crippen LogP contribution in [0.2, 0.25) is 5.15 Å². The van der Waals surface area contributed by atoms with Crippen molar-refractivity contribution in [2.45, 2.75) is 20.5 Å². The van der Waals surface area contributed by atoms with Gasteiger partial charge < -0.3 is 4.74 Å². The van der Waals surface area contributed by atoms with E-state index in [-0.39, 0.29) is 12.3 Å². The van der Waals surface area contributed by atoms with Crippen molar-refractivity contribution in [1.82, 2.24) is 24.8 Å². The summed E-state index contributed by atoms with van der Waals surface area (Å²) in [5.41, 5.74) is 2.93. The van der Waals surface area contributed by atoms with Gasteiger partial charge in [-0.05, 0) is 48.0 Å². The minimum absolute atomic E-state index is 0.232. The van der Waals surface area contributed by atoms with Gasteiger partial charge in [-0.1, -0.05) is 23.7 Å². The van der Waals surface area contributed by atoms with Gasteiger partial charge in [-0.2, -0.15) is 9.36 Å². The number of hydrogen-bond acceptors (Lipinski definition) is 5. The molecule has 0 N–H and O–H groups in total. The molecular formula is C16H16ClN5O2. The molecule has 0 aliphatic rings. The lowest BCUT2D eigenvalue weighted by Gasteiger charge is -2.13. The Hall–Kier alpha value is -2.67. The van der Waals surface area contributed by atoms with Gasteiger partial charge in [0.05, 0.1) is 5.69 Å². The molecule has 24 heavy (non-hydrogen) atoms. The first-order valence-corrected chi connectivity index (χ1v) is 7.69. The first-order chi connectivity index (χ1) is 11.5. The number of benzene rings is 1. The Morgan fingerprint density at radius 1 is 1.17 bits per heavy atom. The highest BCUT2D eigenvalue weighted by molar-refractivity contribution is 6.30. The zero-order valence-corrected chi connectivity index (χ0v) is 14.3. The van der Waals surface area contributed by atoms with Crippen molar-refractivity contribution in [2.24, 2.45) is 7.05 Å². The SMILES string of the molecule is Cc1ccc(OCc2c(C)cccc2-n2nnn(C)c2=O)c(Cl)n1. The minimum Gasteiger partial charge on any atom is -0.486 e. The second kappa shape index (κ2) is 6.45. The van der Waals surface area contributed by atoms with Gasteiger partial charge in [-0.25, -0.2) is 9.78 Å². The van der Waals surface area contributed by atoms with E-state index in [4.69, 9.17) is 16.3 Å². The smallest absolute Gasteiger partial charge is 0.368 e. The fourth-order valence-electron chi connectivity index (χ4n) is 2.31. The molecule has 0 saturated carbocycles. The van der Waals surface area contributed by atoms with Gasteiger partial charge in [0, 0.05) is 18.3 Å². The lowest BCUT2D eigenvalue weighted by molar-refractivity contribution is 0.303. The number of halogens is 1. The average molecular weight is 346 g/mol. The van der Waals surface area contributed by atoms with E-state index in [2.05, 4.69) is 15.4 Å². The summed E-state index contributed by atoms with van der Waals surface area (Å²) >= 11 is 6.10. The zero-order chi connectivity index (χ0) is 17.3. The molecule has 0 amide bonds. The standard InChI is InChI=1S/C16H16ClN5O2/c1-10-5-4-6-13(22-16(23)21(3)19-20-22)12(10)9-24-14-8-7-11(2)18-15(14)17/h4-8H,9H2,1-3H3.